The van der Waals surface area contributed by atoms with Crippen molar-refractivity contribution in [3.8, 4) is 22.6 Å². The smallest absolute Gasteiger partial charge is 0.490 e. The highest BCUT2D eigenvalue weighted by molar-refractivity contribution is 7.92. The van der Waals surface area contributed by atoms with Crippen LogP contribution in [-0.2, 0) is 27.7 Å². The van der Waals surface area contributed by atoms with Crippen LogP contribution < -0.4 is 20.7 Å². The summed E-state index contributed by atoms with van der Waals surface area (Å²) >= 11 is 0. The van der Waals surface area contributed by atoms with Crippen LogP contribution in [0.15, 0.2) is 89.8 Å². The molecule has 1 unspecified atom stereocenters. The van der Waals surface area contributed by atoms with Crippen molar-refractivity contribution < 1.29 is 46.5 Å². The van der Waals surface area contributed by atoms with Gasteiger partial charge < -0.3 is 31.3 Å². The number of sulfonamides is 1. The van der Waals surface area contributed by atoms with E-state index >= 15 is 0 Å². The summed E-state index contributed by atoms with van der Waals surface area (Å²) in [5.41, 5.74) is 5.88. The number of carboxylic acid groups (broad SMARTS) is 1. The second-order valence-electron chi connectivity index (χ2n) is 12.2. The molecule has 0 radical (unpaired) electrons. The van der Waals surface area contributed by atoms with Crippen LogP contribution in [0.25, 0.3) is 11.1 Å². The van der Waals surface area contributed by atoms with Gasteiger partial charge in [-0.15, -0.1) is 0 Å². The molecule has 0 aromatic heterocycles. The number of aromatic hydroxyl groups is 2. The Morgan fingerprint density at radius 1 is 0.865 bits per heavy atom. The van der Waals surface area contributed by atoms with Gasteiger partial charge in [-0.05, 0) is 102 Å². The number of rotatable bonds is 12. The molecular formula is C37H41F3N4O7S. The van der Waals surface area contributed by atoms with Gasteiger partial charge in [0, 0.05) is 24.0 Å². The maximum absolute atomic E-state index is 13.1. The molecule has 0 bridgehead atoms. The van der Waals surface area contributed by atoms with Gasteiger partial charge in [0.25, 0.3) is 10.0 Å². The third-order valence-corrected chi connectivity index (χ3v) is 9.62. The number of anilines is 2. The number of benzene rings is 4. The lowest BCUT2D eigenvalue weighted by Gasteiger charge is -2.27. The number of fused-ring (bicyclic) bond motifs is 1. The molecule has 1 aliphatic heterocycles. The molecule has 0 saturated heterocycles. The number of halogens is 3. The number of carboxylic acids is 1. The normalized spacial score (nSPS) is 14.0. The molecule has 0 saturated carbocycles. The number of amides is 2. The number of hydrogen-bond donors (Lipinski definition) is 7. The number of carbonyl (C=O) groups is 2. The fraction of sp³-hybridized carbons (Fsp3) is 0.297. The van der Waals surface area contributed by atoms with E-state index in [1.54, 1.807) is 42.5 Å². The van der Waals surface area contributed by atoms with E-state index in [4.69, 9.17) is 9.90 Å². The fourth-order valence-electron chi connectivity index (χ4n) is 5.54. The lowest BCUT2D eigenvalue weighted by molar-refractivity contribution is -0.192. The Kier molecular flexibility index (Phi) is 13.5. The zero-order valence-electron chi connectivity index (χ0n) is 28.3. The summed E-state index contributed by atoms with van der Waals surface area (Å²) in [4.78, 5) is 21.1. The second kappa shape index (κ2) is 17.8. The molecule has 1 heterocycles. The number of urea groups is 1. The number of unbranched alkanes of at least 4 members (excludes halogenated alkanes) is 3. The van der Waals surface area contributed by atoms with Crippen LogP contribution in [0.4, 0.5) is 29.3 Å². The molecule has 1 aliphatic rings. The first kappa shape index (κ1) is 39.5. The largest absolute Gasteiger partial charge is 0.504 e. The molecule has 1 atom stereocenters. The van der Waals surface area contributed by atoms with Gasteiger partial charge in [0.1, 0.15) is 0 Å². The molecular weight excluding hydrogens is 701 g/mol. The van der Waals surface area contributed by atoms with Crippen molar-refractivity contribution in [2.45, 2.75) is 62.6 Å². The predicted octanol–water partition coefficient (Wildman–Crippen LogP) is 7.33. The van der Waals surface area contributed by atoms with Crippen molar-refractivity contribution in [3.63, 3.8) is 0 Å². The Hall–Kier alpha value is -5.28. The highest BCUT2D eigenvalue weighted by Crippen LogP contribution is 2.35. The Morgan fingerprint density at radius 2 is 1.54 bits per heavy atom. The minimum absolute atomic E-state index is 0.0196. The van der Waals surface area contributed by atoms with Gasteiger partial charge in [-0.25, -0.2) is 18.0 Å². The topological polar surface area (TPSA) is 177 Å². The molecule has 52 heavy (non-hydrogen) atoms. The van der Waals surface area contributed by atoms with Crippen LogP contribution in [0.3, 0.4) is 0 Å². The van der Waals surface area contributed by atoms with E-state index in [0.29, 0.717) is 17.9 Å². The maximum Gasteiger partial charge on any atom is 0.490 e. The third kappa shape index (κ3) is 11.4. The van der Waals surface area contributed by atoms with Crippen LogP contribution in [0.1, 0.15) is 55.3 Å². The van der Waals surface area contributed by atoms with Crippen molar-refractivity contribution in [2.75, 3.05) is 23.1 Å². The first-order valence-electron chi connectivity index (χ1n) is 16.6. The van der Waals surface area contributed by atoms with Crippen molar-refractivity contribution in [1.29, 1.82) is 0 Å². The van der Waals surface area contributed by atoms with E-state index in [1.807, 2.05) is 30.3 Å². The van der Waals surface area contributed by atoms with E-state index in [1.165, 1.54) is 12.1 Å². The van der Waals surface area contributed by atoms with Crippen LogP contribution in [0, 0.1) is 0 Å². The van der Waals surface area contributed by atoms with Crippen molar-refractivity contribution in [3.05, 3.63) is 102 Å². The monoisotopic (exact) mass is 742 g/mol. The summed E-state index contributed by atoms with van der Waals surface area (Å²) in [6.07, 6.45) is 0.689. The zero-order valence-corrected chi connectivity index (χ0v) is 29.2. The van der Waals surface area contributed by atoms with E-state index in [9.17, 15) is 36.6 Å². The molecule has 4 aromatic carbocycles. The van der Waals surface area contributed by atoms with Gasteiger partial charge in [0.15, 0.2) is 11.5 Å². The molecule has 5 rings (SSSR count). The van der Waals surface area contributed by atoms with Crippen molar-refractivity contribution >= 4 is 33.4 Å². The highest BCUT2D eigenvalue weighted by atomic mass is 32.2. The maximum atomic E-state index is 13.1. The average molecular weight is 743 g/mol. The number of carbonyl (C=O) groups excluding carboxylic acids is 1. The Balaban J connectivity index is 0.000000785. The summed E-state index contributed by atoms with van der Waals surface area (Å²) in [5.74, 6) is -2.97. The van der Waals surface area contributed by atoms with Crippen LogP contribution >= 0.6 is 0 Å². The lowest BCUT2D eigenvalue weighted by atomic mass is 9.89. The molecule has 0 fully saturated rings. The first-order valence-corrected chi connectivity index (χ1v) is 18.1. The van der Waals surface area contributed by atoms with E-state index in [-0.39, 0.29) is 28.5 Å². The number of phenols is 2. The number of aliphatic carboxylic acids is 1. The Morgan fingerprint density at radius 3 is 2.19 bits per heavy atom. The summed E-state index contributed by atoms with van der Waals surface area (Å²) < 4.78 is 60.6. The van der Waals surface area contributed by atoms with E-state index in [0.717, 1.165) is 72.9 Å². The number of nitrogens with one attached hydrogen (secondary N) is 4. The highest BCUT2D eigenvalue weighted by Gasteiger charge is 2.38. The second-order valence-corrected chi connectivity index (χ2v) is 13.8. The minimum atomic E-state index is -5.08. The van der Waals surface area contributed by atoms with Crippen LogP contribution in [-0.4, -0.2) is 55.0 Å². The molecule has 278 valence electrons. The van der Waals surface area contributed by atoms with Gasteiger partial charge in [0.2, 0.25) is 0 Å². The Bertz CT molecular complexity index is 1940. The standard InChI is InChI=1S/C35H40N4O5S.C2HF3O2/c1-2-3-4-5-18-37-35(42)38-28-13-15-30(16-14-28)45(43,44)39-29-8-6-7-26(21-29)25-11-9-24(10-12-25)20-32-31-23-34(41)33(40)22-27(31)17-19-36-32;3-2(4,5)1(6)7/h6-16,21-23,32,36,39-41H,2-5,17-20H2,1H3,(H2,37,38,42);(H,6,7). The van der Waals surface area contributed by atoms with E-state index in [2.05, 4.69) is 27.6 Å². The minimum Gasteiger partial charge on any atom is -0.504 e. The molecule has 15 heteroatoms. The van der Waals surface area contributed by atoms with Crippen molar-refractivity contribution in [2.24, 2.45) is 0 Å². The van der Waals surface area contributed by atoms with Crippen molar-refractivity contribution in [1.82, 2.24) is 10.6 Å². The summed E-state index contributed by atoms with van der Waals surface area (Å²) in [6, 6.07) is 24.4. The molecule has 0 spiro atoms. The van der Waals surface area contributed by atoms with Gasteiger partial charge >= 0.3 is 18.2 Å². The van der Waals surface area contributed by atoms with Crippen LogP contribution in [0.5, 0.6) is 11.5 Å². The molecule has 7 N–H and O–H groups in total. The SMILES string of the molecule is CCCCCCNC(=O)Nc1ccc(S(=O)(=O)Nc2cccc(-c3ccc(CC4NCCc5cc(O)c(O)cc54)cc3)c2)cc1.O=C(O)C(F)(F)F. The van der Waals surface area contributed by atoms with Gasteiger partial charge in [-0.3, -0.25) is 4.72 Å². The third-order valence-electron chi connectivity index (χ3n) is 8.22. The van der Waals surface area contributed by atoms with E-state index < -0.39 is 22.2 Å². The van der Waals surface area contributed by atoms with Gasteiger partial charge in [-0.1, -0.05) is 62.6 Å². The van der Waals surface area contributed by atoms with Crippen LogP contribution in [0.2, 0.25) is 0 Å². The fourth-order valence-corrected chi connectivity index (χ4v) is 6.59. The van der Waals surface area contributed by atoms with Gasteiger partial charge in [-0.2, -0.15) is 13.2 Å². The number of alkyl halides is 3. The first-order chi connectivity index (χ1) is 24.7. The zero-order chi connectivity index (χ0) is 37.9. The number of phenolic OH excluding ortho intramolecular Hbond substituents is 2. The summed E-state index contributed by atoms with van der Waals surface area (Å²) in [7, 11) is -3.85. The number of hydrogen-bond acceptors (Lipinski definition) is 7. The van der Waals surface area contributed by atoms with Gasteiger partial charge in [0.05, 0.1) is 4.90 Å². The molecule has 2 amide bonds. The molecule has 11 nitrogen and oxygen atoms in total. The summed E-state index contributed by atoms with van der Waals surface area (Å²) in [6.45, 7) is 3.52. The Labute approximate surface area is 300 Å². The average Bonchev–Trinajstić information content (AvgIpc) is 3.09. The predicted molar refractivity (Wildman–Crippen MR) is 192 cm³/mol. The summed E-state index contributed by atoms with van der Waals surface area (Å²) in [5, 5.41) is 36.1. The molecule has 4 aromatic rings. The lowest BCUT2D eigenvalue weighted by Crippen LogP contribution is -2.31. The molecule has 0 aliphatic carbocycles. The quantitative estimate of drug-likeness (QED) is 0.0583.